The fourth-order valence-corrected chi connectivity index (χ4v) is 4.80. The Kier molecular flexibility index (Phi) is 6.12. The van der Waals surface area contributed by atoms with E-state index < -0.39 is 0 Å². The van der Waals surface area contributed by atoms with E-state index in [1.165, 1.54) is 11.8 Å². The average Bonchev–Trinajstić information content (AvgIpc) is 3.24. The monoisotopic (exact) mass is 412 g/mol. The molecule has 28 heavy (non-hydrogen) atoms. The van der Waals surface area contributed by atoms with Crippen molar-refractivity contribution in [3.63, 3.8) is 0 Å². The summed E-state index contributed by atoms with van der Waals surface area (Å²) in [6.07, 6.45) is 4.26. The fraction of sp³-hybridized carbons (Fsp3) is 0.381. The van der Waals surface area contributed by atoms with Crippen molar-refractivity contribution in [1.29, 1.82) is 0 Å². The third-order valence-corrected chi connectivity index (χ3v) is 6.57. The van der Waals surface area contributed by atoms with Gasteiger partial charge < -0.3 is 5.32 Å². The zero-order valence-corrected chi connectivity index (χ0v) is 17.5. The summed E-state index contributed by atoms with van der Waals surface area (Å²) in [5.74, 6) is 1.31. The van der Waals surface area contributed by atoms with Gasteiger partial charge in [0.1, 0.15) is 0 Å². The quantitative estimate of drug-likeness (QED) is 0.497. The van der Waals surface area contributed by atoms with Crippen LogP contribution in [-0.2, 0) is 4.79 Å². The lowest BCUT2D eigenvalue weighted by molar-refractivity contribution is -0.119. The Morgan fingerprint density at radius 3 is 2.75 bits per heavy atom. The summed E-state index contributed by atoms with van der Waals surface area (Å²) < 4.78 is 2.21. The smallest absolute Gasteiger partial charge is 0.230 e. The minimum absolute atomic E-state index is 0.0373. The van der Waals surface area contributed by atoms with E-state index in [1.807, 2.05) is 24.3 Å². The lowest BCUT2D eigenvalue weighted by Gasteiger charge is -2.18. The van der Waals surface area contributed by atoms with Crippen LogP contribution >= 0.6 is 23.1 Å². The first-order valence-electron chi connectivity index (χ1n) is 9.72. The molecule has 0 radical (unpaired) electrons. The van der Waals surface area contributed by atoms with E-state index in [1.54, 1.807) is 11.3 Å². The molecule has 1 aliphatic carbocycles. The maximum absolute atomic E-state index is 12.6. The molecule has 2 aromatic heterocycles. The topological polar surface area (TPSA) is 59.8 Å². The Morgan fingerprint density at radius 1 is 1.25 bits per heavy atom. The summed E-state index contributed by atoms with van der Waals surface area (Å²) >= 11 is 3.15. The molecule has 1 atom stereocenters. The van der Waals surface area contributed by atoms with Gasteiger partial charge in [0.15, 0.2) is 11.0 Å². The molecule has 2 heterocycles. The summed E-state index contributed by atoms with van der Waals surface area (Å²) in [4.78, 5) is 13.7. The number of hydrogen-bond acceptors (Lipinski definition) is 5. The third-order valence-electron chi connectivity index (χ3n) is 4.76. The van der Waals surface area contributed by atoms with Crippen LogP contribution in [0, 0.1) is 0 Å². The highest BCUT2D eigenvalue weighted by atomic mass is 32.2. The van der Waals surface area contributed by atoms with Crippen molar-refractivity contribution in [2.75, 3.05) is 5.75 Å². The van der Waals surface area contributed by atoms with E-state index in [0.717, 1.165) is 47.1 Å². The van der Waals surface area contributed by atoms with E-state index in [2.05, 4.69) is 50.6 Å². The first kappa shape index (κ1) is 19.2. The van der Waals surface area contributed by atoms with Crippen molar-refractivity contribution in [1.82, 2.24) is 20.1 Å². The van der Waals surface area contributed by atoms with Crippen LogP contribution < -0.4 is 5.32 Å². The summed E-state index contributed by atoms with van der Waals surface area (Å²) in [5.41, 5.74) is 1.16. The Morgan fingerprint density at radius 2 is 2.07 bits per heavy atom. The lowest BCUT2D eigenvalue weighted by atomic mass is 10.0. The third kappa shape index (κ3) is 4.47. The van der Waals surface area contributed by atoms with Crippen molar-refractivity contribution in [2.45, 2.75) is 49.8 Å². The van der Waals surface area contributed by atoms with E-state index >= 15 is 0 Å². The van der Waals surface area contributed by atoms with Gasteiger partial charge in [0.25, 0.3) is 0 Å². The molecule has 1 saturated carbocycles. The summed E-state index contributed by atoms with van der Waals surface area (Å²) in [6.45, 7) is 2.14. The fourth-order valence-electron chi connectivity index (χ4n) is 3.27. The molecule has 0 aliphatic heterocycles. The van der Waals surface area contributed by atoms with Gasteiger partial charge in [0.2, 0.25) is 5.91 Å². The molecule has 1 aliphatic rings. The number of amides is 1. The SMILES string of the molecule is CCCC(NC(=O)CSc1nnc(-c2cccs2)n1C1CC1)c1ccccc1. The molecule has 3 aromatic rings. The largest absolute Gasteiger partial charge is 0.349 e. The van der Waals surface area contributed by atoms with Crippen LogP contribution in [0.25, 0.3) is 10.7 Å². The molecule has 1 aromatic carbocycles. The second-order valence-corrected chi connectivity index (χ2v) is 8.88. The molecule has 0 saturated heterocycles. The van der Waals surface area contributed by atoms with Crippen molar-refractivity contribution in [3.05, 3.63) is 53.4 Å². The van der Waals surface area contributed by atoms with Gasteiger partial charge in [0.05, 0.1) is 16.7 Å². The van der Waals surface area contributed by atoms with Crippen LogP contribution in [0.1, 0.15) is 50.3 Å². The molecule has 0 spiro atoms. The highest BCUT2D eigenvalue weighted by molar-refractivity contribution is 7.99. The van der Waals surface area contributed by atoms with E-state index in [0.29, 0.717) is 11.8 Å². The van der Waals surface area contributed by atoms with Gasteiger partial charge in [-0.3, -0.25) is 9.36 Å². The molecule has 1 fully saturated rings. The van der Waals surface area contributed by atoms with Gasteiger partial charge in [-0.05, 0) is 36.3 Å². The summed E-state index contributed by atoms with van der Waals surface area (Å²) in [6, 6.07) is 14.8. The summed E-state index contributed by atoms with van der Waals surface area (Å²) in [5, 5.41) is 14.9. The van der Waals surface area contributed by atoms with Gasteiger partial charge in [0, 0.05) is 6.04 Å². The number of benzene rings is 1. The van der Waals surface area contributed by atoms with Crippen molar-refractivity contribution in [3.8, 4) is 10.7 Å². The van der Waals surface area contributed by atoms with Crippen LogP contribution in [0.3, 0.4) is 0 Å². The second-order valence-electron chi connectivity index (χ2n) is 6.99. The van der Waals surface area contributed by atoms with Gasteiger partial charge in [-0.1, -0.05) is 61.5 Å². The predicted octanol–water partition coefficient (Wildman–Crippen LogP) is 5.09. The molecule has 1 N–H and O–H groups in total. The van der Waals surface area contributed by atoms with E-state index in [9.17, 15) is 4.79 Å². The number of thioether (sulfide) groups is 1. The van der Waals surface area contributed by atoms with Crippen molar-refractivity contribution >= 4 is 29.0 Å². The van der Waals surface area contributed by atoms with Crippen molar-refractivity contribution < 1.29 is 4.79 Å². The number of aromatic nitrogens is 3. The van der Waals surface area contributed by atoms with Gasteiger partial charge >= 0.3 is 0 Å². The molecule has 4 rings (SSSR count). The molecular formula is C21H24N4OS2. The Hall–Kier alpha value is -2.12. The minimum atomic E-state index is 0.0373. The molecule has 5 nitrogen and oxygen atoms in total. The molecule has 146 valence electrons. The number of hydrogen-bond donors (Lipinski definition) is 1. The average molecular weight is 413 g/mol. The maximum Gasteiger partial charge on any atom is 0.230 e. The van der Waals surface area contributed by atoms with Crippen LogP contribution in [0.5, 0.6) is 0 Å². The van der Waals surface area contributed by atoms with Crippen LogP contribution in [0.2, 0.25) is 0 Å². The Labute approximate surface area is 173 Å². The zero-order chi connectivity index (χ0) is 19.3. The maximum atomic E-state index is 12.6. The van der Waals surface area contributed by atoms with E-state index in [-0.39, 0.29) is 11.9 Å². The molecule has 7 heteroatoms. The first-order valence-corrected chi connectivity index (χ1v) is 11.6. The number of rotatable bonds is 9. The standard InChI is InChI=1S/C21H24N4OS2/c1-2-7-17(15-8-4-3-5-9-15)22-19(26)14-28-21-24-23-20(18-10-6-13-27-18)25(21)16-11-12-16/h3-6,8-10,13,16-17H,2,7,11-12,14H2,1H3,(H,22,26). The van der Waals surface area contributed by atoms with Crippen molar-refractivity contribution in [2.24, 2.45) is 0 Å². The van der Waals surface area contributed by atoms with Crippen LogP contribution in [-0.4, -0.2) is 26.4 Å². The number of carbonyl (C=O) groups excluding carboxylic acids is 1. The molecule has 0 bridgehead atoms. The van der Waals surface area contributed by atoms with Gasteiger partial charge in [-0.15, -0.1) is 21.5 Å². The highest BCUT2D eigenvalue weighted by Gasteiger charge is 2.30. The molecule has 1 unspecified atom stereocenters. The number of carbonyl (C=O) groups is 1. The Bertz CT molecular complexity index is 904. The van der Waals surface area contributed by atoms with Crippen LogP contribution in [0.15, 0.2) is 53.0 Å². The van der Waals surface area contributed by atoms with E-state index in [4.69, 9.17) is 0 Å². The molecule has 1 amide bonds. The number of thiophene rings is 1. The Balaban J connectivity index is 1.42. The molecular weight excluding hydrogens is 388 g/mol. The highest BCUT2D eigenvalue weighted by Crippen LogP contribution is 2.41. The van der Waals surface area contributed by atoms with Gasteiger partial charge in [-0.25, -0.2) is 0 Å². The van der Waals surface area contributed by atoms with Crippen LogP contribution in [0.4, 0.5) is 0 Å². The minimum Gasteiger partial charge on any atom is -0.349 e. The number of nitrogens with one attached hydrogen (secondary N) is 1. The summed E-state index contributed by atoms with van der Waals surface area (Å²) in [7, 11) is 0. The second kappa shape index (κ2) is 8.92. The normalized spacial score (nSPS) is 14.8. The predicted molar refractivity (Wildman–Crippen MR) is 115 cm³/mol. The first-order chi connectivity index (χ1) is 13.8. The zero-order valence-electron chi connectivity index (χ0n) is 15.9. The number of nitrogens with zero attached hydrogens (tertiary/aromatic N) is 3. The lowest BCUT2D eigenvalue weighted by Crippen LogP contribution is -2.30. The van der Waals surface area contributed by atoms with Gasteiger partial charge in [-0.2, -0.15) is 0 Å².